The van der Waals surface area contributed by atoms with Gasteiger partial charge >= 0.3 is 0 Å². The minimum absolute atomic E-state index is 0.123. The zero-order valence-corrected chi connectivity index (χ0v) is 25.3. The van der Waals surface area contributed by atoms with Crippen LogP contribution < -0.4 is 5.32 Å². The molecular weight excluding hydrogens is 602 g/mol. The monoisotopic (exact) mass is 631 g/mol. The van der Waals surface area contributed by atoms with Crippen molar-refractivity contribution in [1.29, 1.82) is 0 Å². The summed E-state index contributed by atoms with van der Waals surface area (Å²) >= 11 is 3.33. The Kier molecular flexibility index (Phi) is 7.14. The van der Waals surface area contributed by atoms with E-state index in [0.29, 0.717) is 40.2 Å². The molecule has 0 radical (unpaired) electrons. The summed E-state index contributed by atoms with van der Waals surface area (Å²) < 4.78 is 7.69. The lowest BCUT2D eigenvalue weighted by Crippen LogP contribution is -2.47. The van der Waals surface area contributed by atoms with Crippen molar-refractivity contribution in [3.8, 4) is 11.1 Å². The molecule has 0 spiro atoms. The molecule has 3 aromatic heterocycles. The summed E-state index contributed by atoms with van der Waals surface area (Å²) in [5, 5.41) is 8.06. The van der Waals surface area contributed by atoms with Crippen molar-refractivity contribution in [1.82, 2.24) is 29.6 Å². The number of benzene rings is 1. The van der Waals surface area contributed by atoms with Gasteiger partial charge in [0.2, 0.25) is 11.8 Å². The van der Waals surface area contributed by atoms with Crippen molar-refractivity contribution < 1.29 is 19.1 Å². The van der Waals surface area contributed by atoms with Crippen LogP contribution in [0.25, 0.3) is 22.0 Å². The van der Waals surface area contributed by atoms with Gasteiger partial charge in [0.25, 0.3) is 0 Å². The maximum atomic E-state index is 14.0. The van der Waals surface area contributed by atoms with Crippen molar-refractivity contribution in [2.45, 2.75) is 45.8 Å². The zero-order chi connectivity index (χ0) is 29.8. The molecule has 1 saturated carbocycles. The van der Waals surface area contributed by atoms with E-state index in [1.54, 1.807) is 47.3 Å². The second-order valence-corrected chi connectivity index (χ2v) is 11.9. The van der Waals surface area contributed by atoms with Crippen LogP contribution >= 0.6 is 15.9 Å². The number of amides is 2. The smallest absolute Gasteiger partial charge is 0.248 e. The quantitative estimate of drug-likeness (QED) is 0.227. The first-order chi connectivity index (χ1) is 20.1. The first-order valence-electron chi connectivity index (χ1n) is 13.7. The molecule has 1 aromatic carbocycles. The molecule has 4 aromatic rings. The number of ketones is 1. The second kappa shape index (κ2) is 10.7. The molecule has 4 heterocycles. The van der Waals surface area contributed by atoms with Crippen LogP contribution in [-0.4, -0.2) is 73.0 Å². The van der Waals surface area contributed by atoms with Gasteiger partial charge in [0.15, 0.2) is 5.78 Å². The Bertz CT molecular complexity index is 1720. The normalized spacial score (nSPS) is 22.7. The highest BCUT2D eigenvalue weighted by Gasteiger charge is 2.72. The Morgan fingerprint density at radius 1 is 1.14 bits per heavy atom. The number of rotatable bonds is 8. The van der Waals surface area contributed by atoms with Crippen LogP contribution in [0, 0.1) is 18.3 Å². The summed E-state index contributed by atoms with van der Waals surface area (Å²) in [7, 11) is 1.64. The first-order valence-corrected chi connectivity index (χ1v) is 14.5. The zero-order valence-electron chi connectivity index (χ0n) is 23.7. The number of aromatic nitrogens is 5. The number of Topliss-reactive ketones (excluding diaryl/α,β-unsaturated/α-hetero) is 1. The Balaban J connectivity index is 1.32. The number of halogens is 1. The van der Waals surface area contributed by atoms with E-state index in [0.717, 1.165) is 11.1 Å². The van der Waals surface area contributed by atoms with E-state index in [1.807, 2.05) is 25.1 Å². The van der Waals surface area contributed by atoms with Gasteiger partial charge in [-0.3, -0.25) is 19.1 Å². The number of likely N-dealkylation sites (tertiary alicyclic amines) is 1. The number of methoxy groups -OCH3 is 1. The summed E-state index contributed by atoms with van der Waals surface area (Å²) in [6.45, 7) is 5.68. The third kappa shape index (κ3) is 4.78. The minimum atomic E-state index is -0.697. The topological polar surface area (TPSA) is 132 Å². The molecule has 6 rings (SSSR count). The van der Waals surface area contributed by atoms with Crippen LogP contribution in [0.2, 0.25) is 0 Å². The fourth-order valence-electron chi connectivity index (χ4n) is 6.42. The number of nitrogens with one attached hydrogen (secondary N) is 1. The van der Waals surface area contributed by atoms with Crippen LogP contribution in [0.5, 0.6) is 0 Å². The van der Waals surface area contributed by atoms with E-state index in [2.05, 4.69) is 48.2 Å². The van der Waals surface area contributed by atoms with E-state index < -0.39 is 6.04 Å². The number of hydrogen-bond acceptors (Lipinski definition) is 8. The molecule has 42 heavy (non-hydrogen) atoms. The third-order valence-electron chi connectivity index (χ3n) is 8.52. The van der Waals surface area contributed by atoms with Crippen LogP contribution in [-0.2, 0) is 20.9 Å². The van der Waals surface area contributed by atoms with Crippen LogP contribution in [0.1, 0.15) is 36.6 Å². The maximum Gasteiger partial charge on any atom is 0.248 e. The van der Waals surface area contributed by atoms with Gasteiger partial charge in [-0.05, 0) is 65.0 Å². The fraction of sp³-hybridized carbons (Fsp3) is 0.367. The van der Waals surface area contributed by atoms with Gasteiger partial charge in [-0.1, -0.05) is 19.1 Å². The SMILES string of the molecule is COC[C@]12C[C@@H](C(=O)Nc3cccc(Br)n3)N(C(=O)Cn3nc(C(C)=O)c4cc(-c5cnc(C)nc5)ccc43)[C@H]1[C@H]2C. The average Bonchev–Trinajstić information content (AvgIpc) is 3.24. The highest BCUT2D eigenvalue weighted by molar-refractivity contribution is 9.10. The molecule has 11 nitrogen and oxygen atoms in total. The lowest BCUT2D eigenvalue weighted by Gasteiger charge is -2.28. The van der Waals surface area contributed by atoms with Crippen molar-refractivity contribution >= 4 is 50.2 Å². The summed E-state index contributed by atoms with van der Waals surface area (Å²) in [5.41, 5.74) is 2.28. The van der Waals surface area contributed by atoms with E-state index >= 15 is 0 Å². The summed E-state index contributed by atoms with van der Waals surface area (Å²) in [6.07, 6.45) is 3.95. The van der Waals surface area contributed by atoms with Crippen LogP contribution in [0.3, 0.4) is 0 Å². The second-order valence-electron chi connectivity index (χ2n) is 11.1. The molecule has 2 fully saturated rings. The number of pyridine rings is 1. The predicted molar refractivity (Wildman–Crippen MR) is 159 cm³/mol. The van der Waals surface area contributed by atoms with Crippen molar-refractivity contribution in [3.05, 3.63) is 64.9 Å². The number of hydrogen-bond donors (Lipinski definition) is 1. The number of anilines is 1. The predicted octanol–water partition coefficient (Wildman–Crippen LogP) is 4.05. The van der Waals surface area contributed by atoms with E-state index in [9.17, 15) is 14.4 Å². The Hall–Kier alpha value is -4.03. The minimum Gasteiger partial charge on any atom is -0.384 e. The number of aryl methyl sites for hydroxylation is 1. The number of fused-ring (bicyclic) bond motifs is 2. The molecule has 4 atom stereocenters. The Labute approximate surface area is 250 Å². The third-order valence-corrected chi connectivity index (χ3v) is 8.96. The molecule has 1 N–H and O–H groups in total. The summed E-state index contributed by atoms with van der Waals surface area (Å²) in [4.78, 5) is 54.7. The van der Waals surface area contributed by atoms with E-state index in [1.165, 1.54) is 6.92 Å². The largest absolute Gasteiger partial charge is 0.384 e. The maximum absolute atomic E-state index is 14.0. The summed E-state index contributed by atoms with van der Waals surface area (Å²) in [5.74, 6) is 0.477. The standard InChI is InChI=1S/C30H30BrN7O4/c1-16-28-30(16,15-42-4)11-23(29(41)35-25-7-5-6-24(31)34-25)38(28)26(40)14-37-22-9-8-19(20-12-32-18(3)33-13-20)10-21(22)27(36-37)17(2)39/h5-10,12-13,16,23,28H,11,14-15H2,1-4H3,(H,34,35,41)/t16-,23+,28+,30+/m1/s1. The number of carbonyl (C=O) groups is 3. The van der Waals surface area contributed by atoms with Crippen molar-refractivity contribution in [2.75, 3.05) is 19.0 Å². The Morgan fingerprint density at radius 2 is 1.90 bits per heavy atom. The molecule has 2 aliphatic rings. The van der Waals surface area contributed by atoms with Crippen molar-refractivity contribution in [2.24, 2.45) is 11.3 Å². The summed E-state index contributed by atoms with van der Waals surface area (Å²) in [6, 6.07) is 10.0. The number of carbonyl (C=O) groups excluding carboxylic acids is 3. The Morgan fingerprint density at radius 3 is 2.60 bits per heavy atom. The first kappa shape index (κ1) is 28.1. The van der Waals surface area contributed by atoms with Gasteiger partial charge in [0.1, 0.15) is 34.5 Å². The van der Waals surface area contributed by atoms with Gasteiger partial charge in [0.05, 0.1) is 12.1 Å². The lowest BCUT2D eigenvalue weighted by atomic mass is 9.96. The number of ether oxygens (including phenoxy) is 1. The highest BCUT2D eigenvalue weighted by Crippen LogP contribution is 2.64. The average molecular weight is 633 g/mol. The van der Waals surface area contributed by atoms with Crippen molar-refractivity contribution in [3.63, 3.8) is 0 Å². The lowest BCUT2D eigenvalue weighted by molar-refractivity contribution is -0.138. The van der Waals surface area contributed by atoms with Crippen LogP contribution in [0.15, 0.2) is 53.4 Å². The highest BCUT2D eigenvalue weighted by atomic mass is 79.9. The van der Waals surface area contributed by atoms with Gasteiger partial charge in [0, 0.05) is 48.8 Å². The van der Waals surface area contributed by atoms with Gasteiger partial charge < -0.3 is 15.0 Å². The molecule has 216 valence electrons. The van der Waals surface area contributed by atoms with Crippen LogP contribution in [0.4, 0.5) is 5.82 Å². The molecule has 2 amide bonds. The molecule has 12 heteroatoms. The van der Waals surface area contributed by atoms with E-state index in [-0.39, 0.29) is 47.2 Å². The van der Waals surface area contributed by atoms with Gasteiger partial charge in [-0.25, -0.2) is 15.0 Å². The molecule has 1 aliphatic heterocycles. The van der Waals surface area contributed by atoms with Gasteiger partial charge in [-0.15, -0.1) is 0 Å². The van der Waals surface area contributed by atoms with E-state index in [4.69, 9.17) is 4.74 Å². The fourth-order valence-corrected chi connectivity index (χ4v) is 6.76. The molecule has 1 saturated heterocycles. The molecule has 1 aliphatic carbocycles. The van der Waals surface area contributed by atoms with Gasteiger partial charge in [-0.2, -0.15) is 5.10 Å². The molecule has 0 bridgehead atoms. The number of nitrogens with zero attached hydrogens (tertiary/aromatic N) is 6. The molecule has 0 unspecified atom stereocenters. The number of piperidine rings is 1. The molecular formula is C30H30BrN7O4.